The maximum absolute atomic E-state index is 14.0. The molecular weight excluding hydrogens is 631 g/mol. The maximum atomic E-state index is 14.0. The van der Waals surface area contributed by atoms with Crippen molar-refractivity contribution in [3.8, 4) is 11.5 Å². The first-order chi connectivity index (χ1) is 19.6. The highest BCUT2D eigenvalue weighted by Gasteiger charge is 2.42. The van der Waals surface area contributed by atoms with E-state index in [2.05, 4.69) is 4.72 Å². The number of phenols is 2. The number of halogens is 2. The van der Waals surface area contributed by atoms with Crippen molar-refractivity contribution in [2.75, 3.05) is 13.1 Å². The second-order valence-corrected chi connectivity index (χ2v) is 15.6. The molecule has 0 aliphatic carbocycles. The number of carbonyl (C=O) groups is 1. The number of hydrogen-bond donors (Lipinski definition) is 4. The van der Waals surface area contributed by atoms with Crippen LogP contribution in [0.5, 0.6) is 11.5 Å². The molecule has 3 aromatic carbocycles. The Balaban J connectivity index is 1.40. The van der Waals surface area contributed by atoms with Crippen LogP contribution in [0.15, 0.2) is 62.0 Å². The quantitative estimate of drug-likeness (QED) is 0.280. The molecule has 2 heterocycles. The van der Waals surface area contributed by atoms with Crippen LogP contribution in [-0.4, -0.2) is 61.6 Å². The van der Waals surface area contributed by atoms with E-state index in [4.69, 9.17) is 11.6 Å². The Morgan fingerprint density at radius 1 is 1.07 bits per heavy atom. The Labute approximate surface area is 251 Å². The van der Waals surface area contributed by atoms with Gasteiger partial charge in [-0.3, -0.25) is 0 Å². The fourth-order valence-corrected chi connectivity index (χ4v) is 10.4. The molecule has 0 spiro atoms. The number of carboxylic acid groups (broad SMARTS) is 1. The summed E-state index contributed by atoms with van der Waals surface area (Å²) in [5.74, 6) is -3.00. The van der Waals surface area contributed by atoms with Gasteiger partial charge in [0.2, 0.25) is 20.0 Å². The Bertz CT molecular complexity index is 1840. The number of benzene rings is 3. The normalized spacial score (nSPS) is 17.4. The average Bonchev–Trinajstić information content (AvgIpc) is 2.91. The number of phenolic OH excluding ortho intramolecular Hbond substituents is 2. The number of fused-ring (bicyclic) bond motifs is 2. The molecule has 0 unspecified atom stereocenters. The topological polar surface area (TPSA) is 161 Å². The Morgan fingerprint density at radius 3 is 2.38 bits per heavy atom. The lowest BCUT2D eigenvalue weighted by molar-refractivity contribution is 0.0696. The molecule has 0 aromatic heterocycles. The number of nitrogens with one attached hydrogen (secondary N) is 1. The highest BCUT2D eigenvalue weighted by molar-refractivity contribution is 7.99. The Morgan fingerprint density at radius 2 is 1.74 bits per heavy atom. The van der Waals surface area contributed by atoms with Crippen molar-refractivity contribution in [2.45, 2.75) is 57.7 Å². The molecule has 0 bridgehead atoms. The third-order valence-electron chi connectivity index (χ3n) is 7.52. The van der Waals surface area contributed by atoms with E-state index in [0.717, 1.165) is 22.1 Å². The monoisotopic (exact) mass is 656 g/mol. The summed E-state index contributed by atoms with van der Waals surface area (Å²) in [4.78, 5) is 10.8. The average molecular weight is 657 g/mol. The third-order valence-corrected chi connectivity index (χ3v) is 12.6. The number of aromatic carboxylic acids is 1. The highest BCUT2D eigenvalue weighted by atomic mass is 35.5. The van der Waals surface area contributed by atoms with Crippen molar-refractivity contribution in [2.24, 2.45) is 0 Å². The summed E-state index contributed by atoms with van der Waals surface area (Å²) in [5, 5.41) is 30.9. The van der Waals surface area contributed by atoms with Crippen molar-refractivity contribution < 1.29 is 41.3 Å². The van der Waals surface area contributed by atoms with Gasteiger partial charge in [-0.2, -0.15) is 4.31 Å². The number of rotatable bonds is 6. The van der Waals surface area contributed by atoms with E-state index in [1.54, 1.807) is 19.9 Å². The van der Waals surface area contributed by atoms with Crippen molar-refractivity contribution in [1.29, 1.82) is 0 Å². The minimum absolute atomic E-state index is 0.0323. The molecule has 42 heavy (non-hydrogen) atoms. The van der Waals surface area contributed by atoms with Crippen LogP contribution in [0.25, 0.3) is 0 Å². The van der Waals surface area contributed by atoms with Gasteiger partial charge in [0.1, 0.15) is 21.5 Å². The van der Waals surface area contributed by atoms with Crippen LogP contribution in [-0.2, 0) is 25.5 Å². The maximum Gasteiger partial charge on any atom is 0.335 e. The first-order valence-corrected chi connectivity index (χ1v) is 16.8. The predicted molar refractivity (Wildman–Crippen MR) is 153 cm³/mol. The molecule has 0 saturated carbocycles. The van der Waals surface area contributed by atoms with Crippen LogP contribution in [0.1, 0.15) is 48.2 Å². The van der Waals surface area contributed by atoms with Gasteiger partial charge in [-0.15, -0.1) is 0 Å². The van der Waals surface area contributed by atoms with E-state index in [0.29, 0.717) is 10.5 Å². The molecule has 2 aliphatic rings. The van der Waals surface area contributed by atoms with Crippen molar-refractivity contribution in [1.82, 2.24) is 9.03 Å². The van der Waals surface area contributed by atoms with Crippen LogP contribution < -0.4 is 4.72 Å². The zero-order valence-corrected chi connectivity index (χ0v) is 25.5. The summed E-state index contributed by atoms with van der Waals surface area (Å²) in [6.45, 7) is 3.36. The molecule has 15 heteroatoms. The molecule has 3 aromatic rings. The lowest BCUT2D eigenvalue weighted by Gasteiger charge is -2.36. The molecule has 0 amide bonds. The SMILES string of the molecule is CC1(C)c2ccc(F)cc2Sc2c(O)c(S(=O)(=O)NC3CCN(S(=O)(=O)c4cccc(C(=O)O)c4)CC3)c(Cl)c(O)c21. The van der Waals surface area contributed by atoms with E-state index in [-0.39, 0.29) is 46.8 Å². The van der Waals surface area contributed by atoms with Crippen molar-refractivity contribution in [3.63, 3.8) is 0 Å². The minimum Gasteiger partial charge on any atom is -0.506 e. The van der Waals surface area contributed by atoms with E-state index < -0.39 is 64.7 Å². The summed E-state index contributed by atoms with van der Waals surface area (Å²) in [5.41, 5.74) is -0.262. The van der Waals surface area contributed by atoms with E-state index in [9.17, 15) is 41.3 Å². The fourth-order valence-electron chi connectivity index (χ4n) is 5.35. The van der Waals surface area contributed by atoms with Gasteiger partial charge in [0.25, 0.3) is 0 Å². The standard InChI is InChI=1S/C27H26ClFN2O8S3/c1-27(2)18-7-6-15(29)13-19(18)40-24-20(27)22(32)21(28)25(23(24)33)41(36,37)30-16-8-10-31(11-9-16)42(38,39)17-5-3-4-14(12-17)26(34)35/h3-7,12-13,16,30,32-33H,8-11H2,1-2H3,(H,34,35). The number of carboxylic acids is 1. The molecule has 10 nitrogen and oxygen atoms in total. The summed E-state index contributed by atoms with van der Waals surface area (Å²) in [7, 11) is -8.57. The molecule has 224 valence electrons. The Hall–Kier alpha value is -2.88. The number of nitrogens with zero attached hydrogens (tertiary/aromatic N) is 1. The summed E-state index contributed by atoms with van der Waals surface area (Å²) < 4.78 is 70.8. The van der Waals surface area contributed by atoms with Gasteiger partial charge in [-0.1, -0.05) is 49.3 Å². The Kier molecular flexibility index (Phi) is 7.78. The van der Waals surface area contributed by atoms with Gasteiger partial charge < -0.3 is 15.3 Å². The smallest absolute Gasteiger partial charge is 0.335 e. The van der Waals surface area contributed by atoms with Crippen molar-refractivity contribution >= 4 is 49.4 Å². The fraction of sp³-hybridized carbons (Fsp3) is 0.296. The first kappa shape index (κ1) is 30.6. The van der Waals surface area contributed by atoms with Crippen LogP contribution in [0.2, 0.25) is 5.02 Å². The number of hydrogen-bond acceptors (Lipinski definition) is 8. The second-order valence-electron chi connectivity index (χ2n) is 10.5. The van der Waals surface area contributed by atoms with Gasteiger partial charge >= 0.3 is 5.97 Å². The van der Waals surface area contributed by atoms with Gasteiger partial charge in [0.15, 0.2) is 5.75 Å². The second kappa shape index (κ2) is 10.7. The van der Waals surface area contributed by atoms with Crippen molar-refractivity contribution in [3.05, 3.63) is 70.0 Å². The lowest BCUT2D eigenvalue weighted by Crippen LogP contribution is -2.46. The van der Waals surface area contributed by atoms with Crippen LogP contribution >= 0.6 is 23.4 Å². The van der Waals surface area contributed by atoms with Crippen LogP contribution in [0.4, 0.5) is 4.39 Å². The lowest BCUT2D eigenvalue weighted by atomic mass is 9.77. The molecule has 1 saturated heterocycles. The molecule has 1 fully saturated rings. The molecule has 0 radical (unpaired) electrons. The van der Waals surface area contributed by atoms with Gasteiger partial charge in [0.05, 0.1) is 15.4 Å². The van der Waals surface area contributed by atoms with E-state index >= 15 is 0 Å². The summed E-state index contributed by atoms with van der Waals surface area (Å²) in [6.07, 6.45) is 0.141. The number of sulfonamides is 2. The predicted octanol–water partition coefficient (Wildman–Crippen LogP) is 4.51. The molecular formula is C27H26ClFN2O8S3. The number of piperidine rings is 1. The summed E-state index contributed by atoms with van der Waals surface area (Å²) >= 11 is 7.29. The highest BCUT2D eigenvalue weighted by Crippen LogP contribution is 2.58. The molecule has 5 rings (SSSR count). The van der Waals surface area contributed by atoms with E-state index in [1.807, 2.05) is 0 Å². The van der Waals surface area contributed by atoms with Gasteiger partial charge in [-0.05, 0) is 48.7 Å². The van der Waals surface area contributed by atoms with E-state index in [1.165, 1.54) is 30.3 Å². The molecule has 4 N–H and O–H groups in total. The van der Waals surface area contributed by atoms with Crippen LogP contribution in [0.3, 0.4) is 0 Å². The van der Waals surface area contributed by atoms with Gasteiger partial charge in [-0.25, -0.2) is 30.7 Å². The van der Waals surface area contributed by atoms with Crippen LogP contribution in [0, 0.1) is 5.82 Å². The molecule has 2 aliphatic heterocycles. The zero-order valence-electron chi connectivity index (χ0n) is 22.3. The van der Waals surface area contributed by atoms with Gasteiger partial charge in [0, 0.05) is 35.0 Å². The number of aromatic hydroxyl groups is 2. The molecule has 0 atom stereocenters. The zero-order chi connectivity index (χ0) is 30.8. The third kappa shape index (κ3) is 5.13. The summed E-state index contributed by atoms with van der Waals surface area (Å²) in [6, 6.07) is 8.32. The first-order valence-electron chi connectivity index (χ1n) is 12.7. The largest absolute Gasteiger partial charge is 0.506 e. The minimum atomic E-state index is -4.53.